The Hall–Kier alpha value is -1.02. The lowest BCUT2D eigenvalue weighted by Gasteiger charge is -2.24. The van der Waals surface area contributed by atoms with Gasteiger partial charge in [0.1, 0.15) is 5.75 Å². The number of nitrogens with two attached hydrogens (primary N) is 1. The first-order valence-corrected chi connectivity index (χ1v) is 6.18. The fourth-order valence-corrected chi connectivity index (χ4v) is 3.48. The van der Waals surface area contributed by atoms with Gasteiger partial charge in [0.15, 0.2) is 0 Å². The second-order valence-electron chi connectivity index (χ2n) is 5.17. The SMILES string of the molecule is COc1cc2c3c(c1)C(N)C(C)C3CCC2. The Bertz CT molecular complexity index is 427. The summed E-state index contributed by atoms with van der Waals surface area (Å²) in [6, 6.07) is 4.55. The first-order chi connectivity index (χ1) is 7.72. The lowest BCUT2D eigenvalue weighted by Crippen LogP contribution is -2.17. The average Bonchev–Trinajstić information content (AvgIpc) is 2.56. The number of hydrogen-bond acceptors (Lipinski definition) is 2. The Morgan fingerprint density at radius 2 is 2.19 bits per heavy atom. The average molecular weight is 217 g/mol. The van der Waals surface area contributed by atoms with Crippen molar-refractivity contribution in [1.82, 2.24) is 0 Å². The quantitative estimate of drug-likeness (QED) is 0.785. The summed E-state index contributed by atoms with van der Waals surface area (Å²) in [6.45, 7) is 2.29. The molecule has 3 rings (SSSR count). The van der Waals surface area contributed by atoms with Crippen LogP contribution >= 0.6 is 0 Å². The van der Waals surface area contributed by atoms with Crippen LogP contribution in [-0.4, -0.2) is 7.11 Å². The minimum absolute atomic E-state index is 0.201. The summed E-state index contributed by atoms with van der Waals surface area (Å²) < 4.78 is 5.37. The molecule has 2 heteroatoms. The van der Waals surface area contributed by atoms with Crippen LogP contribution in [0.3, 0.4) is 0 Å². The molecule has 0 bridgehead atoms. The fraction of sp³-hybridized carbons (Fsp3) is 0.571. The highest BCUT2D eigenvalue weighted by Crippen LogP contribution is 2.51. The summed E-state index contributed by atoms with van der Waals surface area (Å²) in [5.74, 6) is 2.25. The van der Waals surface area contributed by atoms with E-state index in [9.17, 15) is 0 Å². The minimum atomic E-state index is 0.201. The molecule has 0 radical (unpaired) electrons. The molecule has 2 nitrogen and oxygen atoms in total. The lowest BCUT2D eigenvalue weighted by molar-refractivity contribution is 0.393. The highest BCUT2D eigenvalue weighted by molar-refractivity contribution is 5.50. The maximum absolute atomic E-state index is 6.32. The van der Waals surface area contributed by atoms with Gasteiger partial charge in [-0.15, -0.1) is 0 Å². The fourth-order valence-electron chi connectivity index (χ4n) is 3.48. The van der Waals surface area contributed by atoms with Crippen molar-refractivity contribution in [3.8, 4) is 5.75 Å². The molecule has 0 spiro atoms. The van der Waals surface area contributed by atoms with E-state index in [0.717, 1.165) is 5.75 Å². The van der Waals surface area contributed by atoms with E-state index in [1.807, 2.05) is 0 Å². The van der Waals surface area contributed by atoms with Crippen LogP contribution in [0, 0.1) is 5.92 Å². The van der Waals surface area contributed by atoms with Crippen LogP contribution < -0.4 is 10.5 Å². The number of benzene rings is 1. The van der Waals surface area contributed by atoms with E-state index >= 15 is 0 Å². The molecule has 2 aliphatic rings. The van der Waals surface area contributed by atoms with Crippen LogP contribution in [0.4, 0.5) is 0 Å². The minimum Gasteiger partial charge on any atom is -0.497 e. The summed E-state index contributed by atoms with van der Waals surface area (Å²) in [5.41, 5.74) is 10.7. The molecule has 2 N–H and O–H groups in total. The van der Waals surface area contributed by atoms with Gasteiger partial charge in [0.2, 0.25) is 0 Å². The van der Waals surface area contributed by atoms with E-state index in [4.69, 9.17) is 10.5 Å². The van der Waals surface area contributed by atoms with E-state index in [-0.39, 0.29) is 6.04 Å². The van der Waals surface area contributed by atoms with E-state index < -0.39 is 0 Å². The lowest BCUT2D eigenvalue weighted by atomic mass is 9.80. The Morgan fingerprint density at radius 3 is 2.94 bits per heavy atom. The standard InChI is InChI=1S/C14H19NO/c1-8-11-5-3-4-9-6-10(16-2)7-12(13(9)11)14(8)15/h6-8,11,14H,3-5,15H2,1-2H3. The normalized spacial score (nSPS) is 31.3. The molecule has 1 aromatic carbocycles. The molecule has 16 heavy (non-hydrogen) atoms. The predicted molar refractivity (Wildman–Crippen MR) is 64.8 cm³/mol. The highest BCUT2D eigenvalue weighted by Gasteiger charge is 2.39. The van der Waals surface area contributed by atoms with Crippen molar-refractivity contribution in [2.45, 2.75) is 38.1 Å². The van der Waals surface area contributed by atoms with Gasteiger partial charge in [-0.1, -0.05) is 6.92 Å². The van der Waals surface area contributed by atoms with Gasteiger partial charge >= 0.3 is 0 Å². The Morgan fingerprint density at radius 1 is 1.38 bits per heavy atom. The maximum atomic E-state index is 6.32. The number of aryl methyl sites for hydroxylation is 1. The van der Waals surface area contributed by atoms with Crippen molar-refractivity contribution >= 4 is 0 Å². The van der Waals surface area contributed by atoms with Gasteiger partial charge in [-0.05, 0) is 59.9 Å². The van der Waals surface area contributed by atoms with Crippen LogP contribution in [0.1, 0.15) is 48.4 Å². The largest absolute Gasteiger partial charge is 0.497 e. The summed E-state index contributed by atoms with van der Waals surface area (Å²) in [4.78, 5) is 0. The molecule has 0 fully saturated rings. The first kappa shape index (κ1) is 10.2. The molecule has 0 saturated heterocycles. The van der Waals surface area contributed by atoms with Crippen molar-refractivity contribution in [3.05, 3.63) is 28.8 Å². The molecule has 2 aliphatic carbocycles. The highest BCUT2D eigenvalue weighted by atomic mass is 16.5. The van der Waals surface area contributed by atoms with Crippen molar-refractivity contribution in [2.75, 3.05) is 7.11 Å². The van der Waals surface area contributed by atoms with Gasteiger partial charge in [-0.3, -0.25) is 0 Å². The molecule has 1 aromatic rings. The molecular formula is C14H19NO. The second kappa shape index (κ2) is 3.49. The zero-order valence-electron chi connectivity index (χ0n) is 9.99. The Labute approximate surface area is 96.8 Å². The molecule has 0 aromatic heterocycles. The topological polar surface area (TPSA) is 35.2 Å². The smallest absolute Gasteiger partial charge is 0.119 e. The van der Waals surface area contributed by atoms with Gasteiger partial charge in [-0.25, -0.2) is 0 Å². The van der Waals surface area contributed by atoms with Crippen LogP contribution in [0.2, 0.25) is 0 Å². The van der Waals surface area contributed by atoms with E-state index in [0.29, 0.717) is 11.8 Å². The number of ether oxygens (including phenoxy) is 1. The van der Waals surface area contributed by atoms with Crippen molar-refractivity contribution in [3.63, 3.8) is 0 Å². The van der Waals surface area contributed by atoms with Crippen LogP contribution in [-0.2, 0) is 6.42 Å². The number of methoxy groups -OCH3 is 1. The molecule has 3 atom stereocenters. The van der Waals surface area contributed by atoms with Crippen LogP contribution in [0.5, 0.6) is 5.75 Å². The Balaban J connectivity index is 2.20. The van der Waals surface area contributed by atoms with Crippen molar-refractivity contribution in [2.24, 2.45) is 11.7 Å². The molecule has 0 saturated carbocycles. The molecule has 0 amide bonds. The summed E-state index contributed by atoms with van der Waals surface area (Å²) >= 11 is 0. The molecular weight excluding hydrogens is 198 g/mol. The molecule has 3 unspecified atom stereocenters. The van der Waals surface area contributed by atoms with Gasteiger partial charge in [0, 0.05) is 6.04 Å². The molecule has 0 aliphatic heterocycles. The predicted octanol–water partition coefficient (Wildman–Crippen LogP) is 2.76. The second-order valence-corrected chi connectivity index (χ2v) is 5.17. The summed E-state index contributed by atoms with van der Waals surface area (Å²) in [6.07, 6.45) is 3.79. The van der Waals surface area contributed by atoms with Crippen LogP contribution in [0.25, 0.3) is 0 Å². The monoisotopic (exact) mass is 217 g/mol. The van der Waals surface area contributed by atoms with Crippen molar-refractivity contribution in [1.29, 1.82) is 0 Å². The van der Waals surface area contributed by atoms with E-state index in [1.54, 1.807) is 12.7 Å². The van der Waals surface area contributed by atoms with Crippen LogP contribution in [0.15, 0.2) is 12.1 Å². The van der Waals surface area contributed by atoms with Gasteiger partial charge in [0.25, 0.3) is 0 Å². The molecule has 86 valence electrons. The maximum Gasteiger partial charge on any atom is 0.119 e. The van der Waals surface area contributed by atoms with Gasteiger partial charge < -0.3 is 10.5 Å². The van der Waals surface area contributed by atoms with E-state index in [1.165, 1.54) is 30.4 Å². The van der Waals surface area contributed by atoms with E-state index in [2.05, 4.69) is 19.1 Å². The summed E-state index contributed by atoms with van der Waals surface area (Å²) in [5, 5.41) is 0. The number of hydrogen-bond donors (Lipinski definition) is 1. The third-order valence-corrected chi connectivity index (χ3v) is 4.40. The van der Waals surface area contributed by atoms with Gasteiger partial charge in [-0.2, -0.15) is 0 Å². The third kappa shape index (κ3) is 1.23. The Kier molecular flexibility index (Phi) is 2.21. The van der Waals surface area contributed by atoms with Crippen molar-refractivity contribution < 1.29 is 4.74 Å². The van der Waals surface area contributed by atoms with Gasteiger partial charge in [0.05, 0.1) is 7.11 Å². The molecule has 0 heterocycles. The zero-order chi connectivity index (χ0) is 11.3. The zero-order valence-corrected chi connectivity index (χ0v) is 9.99. The summed E-state index contributed by atoms with van der Waals surface area (Å²) in [7, 11) is 1.73. The third-order valence-electron chi connectivity index (χ3n) is 4.40. The first-order valence-electron chi connectivity index (χ1n) is 6.18. The number of rotatable bonds is 1.